The number of hydrogen-bond acceptors (Lipinski definition) is 3. The standard InChI is InChI=1S/C9H15NO2/c1-12-8-4-2-7(3-5-8)9(11)6-10/h2,4-5,7,9,11H,3,6,10H2,1H3. The molecule has 2 unspecified atom stereocenters. The highest BCUT2D eigenvalue weighted by molar-refractivity contribution is 5.18. The Morgan fingerprint density at radius 3 is 3.00 bits per heavy atom. The van der Waals surface area contributed by atoms with Crippen molar-refractivity contribution in [1.82, 2.24) is 0 Å². The fraction of sp³-hybridized carbons (Fsp3) is 0.556. The summed E-state index contributed by atoms with van der Waals surface area (Å²) in [7, 11) is 1.63. The van der Waals surface area contributed by atoms with Crippen LogP contribution in [0.3, 0.4) is 0 Å². The number of aliphatic hydroxyl groups excluding tert-OH is 1. The van der Waals surface area contributed by atoms with Crippen molar-refractivity contribution in [2.75, 3.05) is 13.7 Å². The zero-order valence-electron chi connectivity index (χ0n) is 7.23. The Labute approximate surface area is 72.5 Å². The molecule has 2 atom stereocenters. The molecule has 0 bridgehead atoms. The molecule has 0 aromatic carbocycles. The Bertz CT molecular complexity index is 199. The summed E-state index contributed by atoms with van der Waals surface area (Å²) < 4.78 is 5.01. The minimum absolute atomic E-state index is 0.147. The van der Waals surface area contributed by atoms with Crippen molar-refractivity contribution < 1.29 is 9.84 Å². The SMILES string of the molecule is COC1=CCC(C(O)CN)C=C1. The van der Waals surface area contributed by atoms with Crippen molar-refractivity contribution in [3.63, 3.8) is 0 Å². The quantitative estimate of drug-likeness (QED) is 0.643. The van der Waals surface area contributed by atoms with E-state index in [2.05, 4.69) is 0 Å². The maximum atomic E-state index is 9.40. The summed E-state index contributed by atoms with van der Waals surface area (Å²) in [6.07, 6.45) is 6.14. The molecular weight excluding hydrogens is 154 g/mol. The molecule has 3 heteroatoms. The second kappa shape index (κ2) is 4.28. The van der Waals surface area contributed by atoms with Crippen LogP contribution in [0.4, 0.5) is 0 Å². The van der Waals surface area contributed by atoms with Gasteiger partial charge in [-0.3, -0.25) is 0 Å². The van der Waals surface area contributed by atoms with Gasteiger partial charge in [0.2, 0.25) is 0 Å². The van der Waals surface area contributed by atoms with Crippen molar-refractivity contribution in [3.8, 4) is 0 Å². The molecule has 0 radical (unpaired) electrons. The average Bonchev–Trinajstić information content (AvgIpc) is 2.17. The van der Waals surface area contributed by atoms with Gasteiger partial charge in [0.1, 0.15) is 5.76 Å². The average molecular weight is 169 g/mol. The summed E-state index contributed by atoms with van der Waals surface area (Å²) in [6.45, 7) is 0.311. The number of nitrogens with two attached hydrogens (primary N) is 1. The Hall–Kier alpha value is -0.800. The summed E-state index contributed by atoms with van der Waals surface area (Å²) in [5, 5.41) is 9.40. The summed E-state index contributed by atoms with van der Waals surface area (Å²) in [4.78, 5) is 0. The van der Waals surface area contributed by atoms with Crippen LogP contribution in [0.15, 0.2) is 24.0 Å². The Balaban J connectivity index is 2.48. The lowest BCUT2D eigenvalue weighted by atomic mass is 9.94. The number of aliphatic hydroxyl groups is 1. The summed E-state index contributed by atoms with van der Waals surface area (Å²) in [5.74, 6) is 1.00. The number of ether oxygens (including phenoxy) is 1. The highest BCUT2D eigenvalue weighted by atomic mass is 16.5. The Morgan fingerprint density at radius 2 is 2.58 bits per heavy atom. The van der Waals surface area contributed by atoms with E-state index < -0.39 is 6.10 Å². The second-order valence-electron chi connectivity index (χ2n) is 2.87. The molecule has 12 heavy (non-hydrogen) atoms. The van der Waals surface area contributed by atoms with Crippen LogP contribution in [0.2, 0.25) is 0 Å². The van der Waals surface area contributed by atoms with E-state index >= 15 is 0 Å². The molecule has 0 aromatic heterocycles. The van der Waals surface area contributed by atoms with Gasteiger partial charge < -0.3 is 15.6 Å². The van der Waals surface area contributed by atoms with Crippen LogP contribution in [0.1, 0.15) is 6.42 Å². The molecule has 0 heterocycles. The fourth-order valence-electron chi connectivity index (χ4n) is 1.23. The van der Waals surface area contributed by atoms with E-state index in [0.717, 1.165) is 12.2 Å². The topological polar surface area (TPSA) is 55.5 Å². The lowest BCUT2D eigenvalue weighted by Gasteiger charge is -2.19. The molecule has 0 amide bonds. The van der Waals surface area contributed by atoms with Crippen molar-refractivity contribution in [1.29, 1.82) is 0 Å². The molecule has 3 N–H and O–H groups in total. The Kier molecular flexibility index (Phi) is 3.31. The van der Waals surface area contributed by atoms with E-state index in [1.807, 2.05) is 18.2 Å². The zero-order chi connectivity index (χ0) is 8.97. The third kappa shape index (κ3) is 2.09. The summed E-state index contributed by atoms with van der Waals surface area (Å²) in [6, 6.07) is 0. The first-order valence-electron chi connectivity index (χ1n) is 4.08. The van der Waals surface area contributed by atoms with Gasteiger partial charge in [-0.25, -0.2) is 0 Å². The van der Waals surface area contributed by atoms with Crippen LogP contribution < -0.4 is 5.73 Å². The van der Waals surface area contributed by atoms with Crippen LogP contribution in [0.25, 0.3) is 0 Å². The molecule has 3 nitrogen and oxygen atoms in total. The van der Waals surface area contributed by atoms with E-state index in [0.29, 0.717) is 6.54 Å². The van der Waals surface area contributed by atoms with Crippen LogP contribution >= 0.6 is 0 Å². The largest absolute Gasteiger partial charge is 0.497 e. The molecule has 0 saturated carbocycles. The third-order valence-electron chi connectivity index (χ3n) is 2.07. The second-order valence-corrected chi connectivity index (χ2v) is 2.87. The lowest BCUT2D eigenvalue weighted by Crippen LogP contribution is -2.28. The van der Waals surface area contributed by atoms with Crippen molar-refractivity contribution in [2.24, 2.45) is 11.7 Å². The smallest absolute Gasteiger partial charge is 0.114 e. The van der Waals surface area contributed by atoms with Crippen LogP contribution in [-0.4, -0.2) is 24.9 Å². The number of methoxy groups -OCH3 is 1. The molecule has 1 aliphatic carbocycles. The minimum atomic E-state index is -0.434. The minimum Gasteiger partial charge on any atom is -0.497 e. The van der Waals surface area contributed by atoms with Crippen molar-refractivity contribution >= 4 is 0 Å². The van der Waals surface area contributed by atoms with Gasteiger partial charge in [0.05, 0.1) is 13.2 Å². The molecule has 1 aliphatic rings. The predicted octanol–water partition coefficient (Wildman–Crippen LogP) is 0.412. The highest BCUT2D eigenvalue weighted by Crippen LogP contribution is 2.19. The van der Waals surface area contributed by atoms with E-state index in [-0.39, 0.29) is 5.92 Å². The zero-order valence-corrected chi connectivity index (χ0v) is 7.23. The van der Waals surface area contributed by atoms with Gasteiger partial charge in [0.25, 0.3) is 0 Å². The number of hydrogen-bond donors (Lipinski definition) is 2. The first-order valence-corrected chi connectivity index (χ1v) is 4.08. The lowest BCUT2D eigenvalue weighted by molar-refractivity contribution is 0.137. The predicted molar refractivity (Wildman–Crippen MR) is 47.4 cm³/mol. The monoisotopic (exact) mass is 169 g/mol. The van der Waals surface area contributed by atoms with Crippen LogP contribution in [0, 0.1) is 5.92 Å². The maximum Gasteiger partial charge on any atom is 0.114 e. The fourth-order valence-corrected chi connectivity index (χ4v) is 1.23. The van der Waals surface area contributed by atoms with Gasteiger partial charge in [0.15, 0.2) is 0 Å². The van der Waals surface area contributed by atoms with Gasteiger partial charge in [-0.2, -0.15) is 0 Å². The summed E-state index contributed by atoms with van der Waals surface area (Å²) in [5.41, 5.74) is 5.33. The Morgan fingerprint density at radius 1 is 1.83 bits per heavy atom. The first kappa shape index (κ1) is 9.29. The van der Waals surface area contributed by atoms with Crippen molar-refractivity contribution in [3.05, 3.63) is 24.0 Å². The van der Waals surface area contributed by atoms with E-state index in [4.69, 9.17) is 10.5 Å². The molecule has 0 spiro atoms. The maximum absolute atomic E-state index is 9.40. The normalized spacial score (nSPS) is 24.9. The van der Waals surface area contributed by atoms with Gasteiger partial charge in [-0.05, 0) is 18.6 Å². The van der Waals surface area contributed by atoms with Gasteiger partial charge in [-0.1, -0.05) is 6.08 Å². The van der Waals surface area contributed by atoms with Gasteiger partial charge >= 0.3 is 0 Å². The molecule has 0 fully saturated rings. The first-order chi connectivity index (χ1) is 5.77. The van der Waals surface area contributed by atoms with E-state index in [9.17, 15) is 5.11 Å². The molecule has 0 aliphatic heterocycles. The van der Waals surface area contributed by atoms with Gasteiger partial charge in [0, 0.05) is 12.5 Å². The van der Waals surface area contributed by atoms with E-state index in [1.54, 1.807) is 7.11 Å². The van der Waals surface area contributed by atoms with Crippen LogP contribution in [-0.2, 0) is 4.74 Å². The summed E-state index contributed by atoms with van der Waals surface area (Å²) >= 11 is 0. The van der Waals surface area contributed by atoms with Crippen LogP contribution in [0.5, 0.6) is 0 Å². The molecular formula is C9H15NO2. The molecule has 68 valence electrons. The molecule has 0 saturated heterocycles. The third-order valence-corrected chi connectivity index (χ3v) is 2.07. The van der Waals surface area contributed by atoms with E-state index in [1.165, 1.54) is 0 Å². The molecule has 0 aromatic rings. The highest BCUT2D eigenvalue weighted by Gasteiger charge is 2.16. The molecule has 1 rings (SSSR count). The van der Waals surface area contributed by atoms with Crippen molar-refractivity contribution in [2.45, 2.75) is 12.5 Å². The number of rotatable bonds is 3. The van der Waals surface area contributed by atoms with Gasteiger partial charge in [-0.15, -0.1) is 0 Å². The number of allylic oxidation sites excluding steroid dienone is 2.